The molecule has 0 aliphatic rings. The third-order valence-electron chi connectivity index (χ3n) is 2.51. The highest BCUT2D eigenvalue weighted by molar-refractivity contribution is 5.83. The van der Waals surface area contributed by atoms with Gasteiger partial charge in [-0.2, -0.15) is 0 Å². The van der Waals surface area contributed by atoms with Crippen molar-refractivity contribution in [2.45, 2.75) is 46.6 Å². The predicted octanol–water partition coefficient (Wildman–Crippen LogP) is 1.92. The van der Waals surface area contributed by atoms with Gasteiger partial charge in [0.2, 0.25) is 0 Å². The van der Waals surface area contributed by atoms with Gasteiger partial charge in [0.15, 0.2) is 0 Å². The number of carbonyl (C=O) groups excluding carboxylic acids is 2. The quantitative estimate of drug-likeness (QED) is 0.686. The molecule has 0 radical (unpaired) electrons. The summed E-state index contributed by atoms with van der Waals surface area (Å²) in [5.41, 5.74) is 0. The second-order valence-corrected chi connectivity index (χ2v) is 5.29. The Bertz CT molecular complexity index is 265. The molecular weight excluding hydrogens is 232 g/mol. The molecular formula is C13H26N2O3. The highest BCUT2D eigenvalue weighted by Crippen LogP contribution is 2.06. The van der Waals surface area contributed by atoms with E-state index in [2.05, 4.69) is 29.2 Å². The molecule has 0 heterocycles. The third kappa shape index (κ3) is 7.92. The van der Waals surface area contributed by atoms with Crippen LogP contribution in [-0.2, 0) is 9.53 Å². The molecule has 18 heavy (non-hydrogen) atoms. The van der Waals surface area contributed by atoms with Crippen LogP contribution in [0, 0.1) is 11.8 Å². The van der Waals surface area contributed by atoms with E-state index in [4.69, 9.17) is 0 Å². The van der Waals surface area contributed by atoms with Crippen LogP contribution in [-0.4, -0.2) is 31.7 Å². The molecule has 0 spiro atoms. The number of rotatable bonds is 7. The fourth-order valence-electron chi connectivity index (χ4n) is 1.51. The lowest BCUT2D eigenvalue weighted by Crippen LogP contribution is -2.47. The van der Waals surface area contributed by atoms with Crippen LogP contribution in [0.15, 0.2) is 0 Å². The topological polar surface area (TPSA) is 67.4 Å². The summed E-state index contributed by atoms with van der Waals surface area (Å²) in [6.45, 7) is 8.78. The molecule has 5 nitrogen and oxygen atoms in total. The van der Waals surface area contributed by atoms with E-state index in [1.165, 1.54) is 7.11 Å². The van der Waals surface area contributed by atoms with Gasteiger partial charge in [-0.25, -0.2) is 9.59 Å². The van der Waals surface area contributed by atoms with E-state index >= 15 is 0 Å². The van der Waals surface area contributed by atoms with Crippen LogP contribution in [0.5, 0.6) is 0 Å². The maximum atomic E-state index is 11.6. The molecule has 0 saturated heterocycles. The van der Waals surface area contributed by atoms with Crippen molar-refractivity contribution in [1.29, 1.82) is 0 Å². The van der Waals surface area contributed by atoms with E-state index in [-0.39, 0.29) is 6.03 Å². The largest absolute Gasteiger partial charge is 0.467 e. The lowest BCUT2D eigenvalue weighted by Gasteiger charge is -2.18. The fraction of sp³-hybridized carbons (Fsp3) is 0.846. The predicted molar refractivity (Wildman–Crippen MR) is 71.2 cm³/mol. The van der Waals surface area contributed by atoms with Gasteiger partial charge in [-0.15, -0.1) is 0 Å². The maximum Gasteiger partial charge on any atom is 0.328 e. The Morgan fingerprint density at radius 2 is 1.72 bits per heavy atom. The second-order valence-electron chi connectivity index (χ2n) is 5.29. The number of methoxy groups -OCH3 is 1. The number of hydrogen-bond acceptors (Lipinski definition) is 3. The summed E-state index contributed by atoms with van der Waals surface area (Å²) in [5, 5.41) is 5.39. The normalized spacial score (nSPS) is 12.4. The van der Waals surface area contributed by atoms with Gasteiger partial charge in [0.05, 0.1) is 7.11 Å². The minimum atomic E-state index is -0.575. The van der Waals surface area contributed by atoms with Crippen LogP contribution in [0.25, 0.3) is 0 Å². The first-order valence-electron chi connectivity index (χ1n) is 6.49. The standard InChI is InChI=1S/C13H26N2O3/c1-9(2)6-7-14-13(17)15-11(8-10(3)4)12(16)18-5/h9-11H,6-8H2,1-5H3,(H2,14,15,17). The number of carbonyl (C=O) groups is 2. The monoisotopic (exact) mass is 258 g/mol. The van der Waals surface area contributed by atoms with Gasteiger partial charge < -0.3 is 15.4 Å². The first kappa shape index (κ1) is 16.7. The van der Waals surface area contributed by atoms with Crippen molar-refractivity contribution in [3.05, 3.63) is 0 Å². The van der Waals surface area contributed by atoms with Crippen LogP contribution < -0.4 is 10.6 Å². The van der Waals surface area contributed by atoms with Crippen molar-refractivity contribution >= 4 is 12.0 Å². The summed E-state index contributed by atoms with van der Waals surface area (Å²) >= 11 is 0. The van der Waals surface area contributed by atoms with Crippen molar-refractivity contribution in [3.8, 4) is 0 Å². The van der Waals surface area contributed by atoms with E-state index in [0.717, 1.165) is 6.42 Å². The van der Waals surface area contributed by atoms with Crippen LogP contribution in [0.2, 0.25) is 0 Å². The molecule has 0 aliphatic heterocycles. The molecule has 1 unspecified atom stereocenters. The fourth-order valence-corrected chi connectivity index (χ4v) is 1.51. The zero-order chi connectivity index (χ0) is 14.1. The average Bonchev–Trinajstić information content (AvgIpc) is 2.25. The molecule has 0 rings (SSSR count). The average molecular weight is 258 g/mol. The van der Waals surface area contributed by atoms with Gasteiger partial charge >= 0.3 is 12.0 Å². The smallest absolute Gasteiger partial charge is 0.328 e. The molecule has 0 aromatic rings. The zero-order valence-electron chi connectivity index (χ0n) is 12.1. The molecule has 2 amide bonds. The number of nitrogens with one attached hydrogen (secondary N) is 2. The number of urea groups is 1. The summed E-state index contributed by atoms with van der Waals surface area (Å²) in [5.74, 6) is 0.449. The lowest BCUT2D eigenvalue weighted by molar-refractivity contribution is -0.143. The lowest BCUT2D eigenvalue weighted by atomic mass is 10.0. The number of hydrogen-bond donors (Lipinski definition) is 2. The minimum absolute atomic E-state index is 0.310. The summed E-state index contributed by atoms with van der Waals surface area (Å²) in [7, 11) is 1.33. The van der Waals surface area contributed by atoms with Gasteiger partial charge in [0, 0.05) is 6.54 Å². The summed E-state index contributed by atoms with van der Waals surface area (Å²) < 4.78 is 4.68. The molecule has 2 N–H and O–H groups in total. The summed E-state index contributed by atoms with van der Waals surface area (Å²) in [6.07, 6.45) is 1.49. The number of esters is 1. The van der Waals surface area contributed by atoms with E-state index in [0.29, 0.717) is 24.8 Å². The van der Waals surface area contributed by atoms with Crippen LogP contribution >= 0.6 is 0 Å². The van der Waals surface area contributed by atoms with Crippen molar-refractivity contribution in [2.24, 2.45) is 11.8 Å². The third-order valence-corrected chi connectivity index (χ3v) is 2.51. The Morgan fingerprint density at radius 3 is 2.17 bits per heavy atom. The summed E-state index contributed by atoms with van der Waals surface area (Å²) in [4.78, 5) is 23.1. The van der Waals surface area contributed by atoms with Crippen molar-refractivity contribution in [3.63, 3.8) is 0 Å². The molecule has 0 aliphatic carbocycles. The minimum Gasteiger partial charge on any atom is -0.467 e. The van der Waals surface area contributed by atoms with Gasteiger partial charge in [-0.1, -0.05) is 27.7 Å². The molecule has 5 heteroatoms. The summed E-state index contributed by atoms with van der Waals surface area (Å²) in [6, 6.07) is -0.888. The molecule has 0 fully saturated rings. The number of amides is 2. The Labute approximate surface area is 110 Å². The van der Waals surface area contributed by atoms with Gasteiger partial charge in [0.25, 0.3) is 0 Å². The van der Waals surface area contributed by atoms with Crippen LogP contribution in [0.3, 0.4) is 0 Å². The van der Waals surface area contributed by atoms with Crippen LogP contribution in [0.1, 0.15) is 40.5 Å². The molecule has 1 atom stereocenters. The highest BCUT2D eigenvalue weighted by atomic mass is 16.5. The Balaban J connectivity index is 4.14. The first-order valence-corrected chi connectivity index (χ1v) is 6.49. The molecule has 106 valence electrons. The van der Waals surface area contributed by atoms with E-state index in [1.54, 1.807) is 0 Å². The van der Waals surface area contributed by atoms with Gasteiger partial charge in [-0.3, -0.25) is 0 Å². The highest BCUT2D eigenvalue weighted by Gasteiger charge is 2.22. The zero-order valence-corrected chi connectivity index (χ0v) is 12.1. The molecule has 0 saturated carbocycles. The van der Waals surface area contributed by atoms with Gasteiger partial charge in [-0.05, 0) is 24.7 Å². The van der Waals surface area contributed by atoms with Crippen molar-refractivity contribution in [2.75, 3.05) is 13.7 Å². The Kier molecular flexibility index (Phi) is 8.16. The number of ether oxygens (including phenoxy) is 1. The van der Waals surface area contributed by atoms with Crippen molar-refractivity contribution in [1.82, 2.24) is 10.6 Å². The molecule has 0 bridgehead atoms. The Hall–Kier alpha value is -1.26. The van der Waals surface area contributed by atoms with E-state index in [9.17, 15) is 9.59 Å². The van der Waals surface area contributed by atoms with E-state index in [1.807, 2.05) is 13.8 Å². The first-order chi connectivity index (χ1) is 8.36. The van der Waals surface area contributed by atoms with Crippen LogP contribution in [0.4, 0.5) is 4.79 Å². The van der Waals surface area contributed by atoms with Gasteiger partial charge in [0.1, 0.15) is 6.04 Å². The van der Waals surface area contributed by atoms with Crippen molar-refractivity contribution < 1.29 is 14.3 Å². The Morgan fingerprint density at radius 1 is 1.11 bits per heavy atom. The maximum absolute atomic E-state index is 11.6. The SMILES string of the molecule is COC(=O)C(CC(C)C)NC(=O)NCCC(C)C. The van der Waals surface area contributed by atoms with E-state index < -0.39 is 12.0 Å². The second kappa shape index (κ2) is 8.78. The molecule has 0 aromatic heterocycles. The molecule has 0 aromatic carbocycles.